The maximum Gasteiger partial charge on any atom is 0.302 e. The molecule has 0 amide bonds. The Morgan fingerprint density at radius 3 is 2.24 bits per heavy atom. The third-order valence-electron chi connectivity index (χ3n) is 13.0. The number of carbonyl (C=O) groups excluding carboxylic acids is 1. The summed E-state index contributed by atoms with van der Waals surface area (Å²) in [4.78, 5) is 29.4. The van der Waals surface area contributed by atoms with Crippen LogP contribution in [0.2, 0.25) is 0 Å². The third-order valence-corrected chi connectivity index (χ3v) is 13.0. The molecule has 4 fully saturated rings. The van der Waals surface area contributed by atoms with Gasteiger partial charge in [0.15, 0.2) is 5.34 Å². The molecule has 0 spiro atoms. The van der Waals surface area contributed by atoms with Crippen molar-refractivity contribution >= 4 is 5.97 Å². The van der Waals surface area contributed by atoms with Crippen LogP contribution in [-0.2, 0) is 14.4 Å². The average molecular weight is 518 g/mol. The highest BCUT2D eigenvalue weighted by molar-refractivity contribution is 5.66. The summed E-state index contributed by atoms with van der Waals surface area (Å²) in [5.41, 5.74) is 0.397. The van der Waals surface area contributed by atoms with E-state index >= 15 is 0 Å². The Hall–Kier alpha value is -1.13. The maximum absolute atomic E-state index is 11.9. The molecule has 0 radical (unpaired) electrons. The molecule has 0 aromatic rings. The summed E-state index contributed by atoms with van der Waals surface area (Å²) < 4.78 is 5.86. The van der Waals surface area contributed by atoms with E-state index in [2.05, 4.69) is 60.7 Å². The molecule has 10 atom stereocenters. The largest absolute Gasteiger partial charge is 0.462 e. The van der Waals surface area contributed by atoms with Gasteiger partial charge in [-0.15, -0.1) is 4.91 Å². The minimum atomic E-state index is -0.196. The van der Waals surface area contributed by atoms with Crippen molar-refractivity contribution in [1.29, 1.82) is 0 Å². The molecule has 0 bridgehead atoms. The SMILES string of the molecule is CC(=O)O[C@H]1CC[C@]2(C)[C@H]3CC[C@]4(C)[C@@H]([C@H](C)CCCC(C)C)CC[C@@]4(C)[C@@H]3[C@H](ON=O)C[C@H]2C1(C)C. The molecule has 4 rings (SSSR count). The fourth-order valence-electron chi connectivity index (χ4n) is 11.0. The zero-order valence-electron chi connectivity index (χ0n) is 25.3. The highest BCUT2D eigenvalue weighted by atomic mass is 16.7. The molecule has 0 unspecified atom stereocenters. The van der Waals surface area contributed by atoms with Gasteiger partial charge in [-0.05, 0) is 90.8 Å². The smallest absolute Gasteiger partial charge is 0.302 e. The number of carbonyl (C=O) groups is 1. The molecule has 4 aliphatic carbocycles. The van der Waals surface area contributed by atoms with Crippen molar-refractivity contribution in [3.05, 3.63) is 4.91 Å². The van der Waals surface area contributed by atoms with Crippen molar-refractivity contribution in [2.24, 2.45) is 62.5 Å². The molecular weight excluding hydrogens is 462 g/mol. The summed E-state index contributed by atoms with van der Waals surface area (Å²) in [6.45, 7) is 20.9. The van der Waals surface area contributed by atoms with E-state index < -0.39 is 0 Å². The predicted molar refractivity (Wildman–Crippen MR) is 148 cm³/mol. The Morgan fingerprint density at radius 2 is 1.62 bits per heavy atom. The Labute approximate surface area is 226 Å². The van der Waals surface area contributed by atoms with Crippen molar-refractivity contribution in [3.8, 4) is 0 Å². The molecule has 37 heavy (non-hydrogen) atoms. The minimum absolute atomic E-state index is 0.0866. The Kier molecular flexibility index (Phi) is 7.90. The lowest BCUT2D eigenvalue weighted by Crippen LogP contribution is -2.65. The van der Waals surface area contributed by atoms with Gasteiger partial charge in [0, 0.05) is 18.3 Å². The van der Waals surface area contributed by atoms with Crippen LogP contribution in [0.25, 0.3) is 0 Å². The molecule has 0 N–H and O–H groups in total. The first-order valence-electron chi connectivity index (χ1n) is 15.4. The fourth-order valence-corrected chi connectivity index (χ4v) is 11.0. The number of hydrogen-bond acceptors (Lipinski definition) is 5. The summed E-state index contributed by atoms with van der Waals surface area (Å²) in [6, 6.07) is 0. The van der Waals surface area contributed by atoms with Gasteiger partial charge in [-0.3, -0.25) is 4.79 Å². The molecule has 5 nitrogen and oxygen atoms in total. The van der Waals surface area contributed by atoms with Crippen LogP contribution in [0.1, 0.15) is 127 Å². The van der Waals surface area contributed by atoms with Crippen LogP contribution in [0.15, 0.2) is 5.34 Å². The molecule has 0 aliphatic heterocycles. The van der Waals surface area contributed by atoms with Crippen LogP contribution in [0.4, 0.5) is 0 Å². The summed E-state index contributed by atoms with van der Waals surface area (Å²) in [6.07, 6.45) is 11.5. The molecule has 0 aromatic carbocycles. The van der Waals surface area contributed by atoms with E-state index in [-0.39, 0.29) is 39.8 Å². The number of rotatable bonds is 8. The summed E-state index contributed by atoms with van der Waals surface area (Å²) >= 11 is 0. The number of esters is 1. The lowest BCUT2D eigenvalue weighted by Gasteiger charge is -2.68. The van der Waals surface area contributed by atoms with Gasteiger partial charge < -0.3 is 9.57 Å². The normalized spacial score (nSPS) is 45.4. The van der Waals surface area contributed by atoms with Crippen LogP contribution >= 0.6 is 0 Å². The van der Waals surface area contributed by atoms with E-state index in [1.807, 2.05) is 0 Å². The molecular formula is C32H55NO4. The van der Waals surface area contributed by atoms with E-state index in [0.29, 0.717) is 17.8 Å². The standard InChI is InChI=1S/C32H55NO4/c1-20(2)11-10-12-21(3)23-13-18-32(9)28-24(14-17-31(23,32)8)30(7)16-15-27(36-22(4)34)29(5,6)26(30)19-25(28)37-33-35/h20-21,23-28H,10-19H2,1-9H3/t21-,23-,24+,25-,26+,27+,28+,30-,31-,32+/m1/s1. The van der Waals surface area contributed by atoms with Gasteiger partial charge in [0.25, 0.3) is 0 Å². The van der Waals surface area contributed by atoms with Crippen molar-refractivity contribution in [1.82, 2.24) is 0 Å². The quantitative estimate of drug-likeness (QED) is 0.183. The number of fused-ring (bicyclic) bond motifs is 5. The van der Waals surface area contributed by atoms with E-state index in [4.69, 9.17) is 9.57 Å². The predicted octanol–water partition coefficient (Wildman–Crippen LogP) is 8.74. The molecule has 0 saturated heterocycles. The second-order valence-corrected chi connectivity index (χ2v) is 15.4. The van der Waals surface area contributed by atoms with Crippen molar-refractivity contribution < 1.29 is 14.4 Å². The monoisotopic (exact) mass is 517 g/mol. The summed E-state index contributed by atoms with van der Waals surface area (Å²) in [5, 5.41) is 3.07. The summed E-state index contributed by atoms with van der Waals surface area (Å²) in [7, 11) is 0. The van der Waals surface area contributed by atoms with Crippen LogP contribution in [0.3, 0.4) is 0 Å². The first kappa shape index (κ1) is 28.9. The van der Waals surface area contributed by atoms with Crippen LogP contribution < -0.4 is 0 Å². The van der Waals surface area contributed by atoms with Crippen molar-refractivity contribution in [2.45, 2.75) is 139 Å². The van der Waals surface area contributed by atoms with Gasteiger partial charge in [-0.2, -0.15) is 0 Å². The van der Waals surface area contributed by atoms with Crippen LogP contribution in [0.5, 0.6) is 0 Å². The van der Waals surface area contributed by atoms with Crippen LogP contribution in [0, 0.1) is 62.1 Å². The Bertz CT molecular complexity index is 856. The van der Waals surface area contributed by atoms with Gasteiger partial charge in [0.05, 0.1) is 0 Å². The maximum atomic E-state index is 11.9. The van der Waals surface area contributed by atoms with E-state index in [0.717, 1.165) is 37.0 Å². The molecule has 4 saturated carbocycles. The van der Waals surface area contributed by atoms with Crippen LogP contribution in [-0.4, -0.2) is 18.2 Å². The lowest BCUT2D eigenvalue weighted by atomic mass is 9.37. The van der Waals surface area contributed by atoms with E-state index in [1.165, 1.54) is 51.9 Å². The van der Waals surface area contributed by atoms with Gasteiger partial charge in [0.1, 0.15) is 12.2 Å². The zero-order chi connectivity index (χ0) is 27.4. The molecule has 212 valence electrons. The van der Waals surface area contributed by atoms with Gasteiger partial charge in [0.2, 0.25) is 0 Å². The molecule has 0 heterocycles. The number of hydrogen-bond donors (Lipinski definition) is 0. The lowest BCUT2D eigenvalue weighted by molar-refractivity contribution is -0.246. The van der Waals surface area contributed by atoms with Gasteiger partial charge in [-0.25, -0.2) is 0 Å². The first-order valence-corrected chi connectivity index (χ1v) is 15.4. The van der Waals surface area contributed by atoms with Gasteiger partial charge >= 0.3 is 5.97 Å². The minimum Gasteiger partial charge on any atom is -0.462 e. The van der Waals surface area contributed by atoms with Crippen molar-refractivity contribution in [2.75, 3.05) is 0 Å². The second kappa shape index (κ2) is 10.1. The highest BCUT2D eigenvalue weighted by Gasteiger charge is 2.70. The van der Waals surface area contributed by atoms with E-state index in [1.54, 1.807) is 0 Å². The Morgan fingerprint density at radius 1 is 0.946 bits per heavy atom. The highest BCUT2D eigenvalue weighted by Crippen LogP contribution is 2.75. The topological polar surface area (TPSA) is 65.0 Å². The zero-order valence-corrected chi connectivity index (χ0v) is 25.3. The first-order chi connectivity index (χ1) is 17.2. The number of nitrogens with zero attached hydrogens (tertiary/aromatic N) is 1. The molecule has 0 aromatic heterocycles. The van der Waals surface area contributed by atoms with E-state index in [9.17, 15) is 9.70 Å². The summed E-state index contributed by atoms with van der Waals surface area (Å²) in [5.74, 6) is 3.22. The average Bonchev–Trinajstić information content (AvgIpc) is 3.08. The fraction of sp³-hybridized carbons (Fsp3) is 0.969. The molecule has 4 aliphatic rings. The molecule has 5 heteroatoms. The van der Waals surface area contributed by atoms with Gasteiger partial charge in [-0.1, -0.05) is 74.7 Å². The third kappa shape index (κ3) is 4.56. The Balaban J connectivity index is 1.65. The number of ether oxygens (including phenoxy) is 1. The second-order valence-electron chi connectivity index (χ2n) is 15.4. The van der Waals surface area contributed by atoms with Crippen molar-refractivity contribution in [3.63, 3.8) is 0 Å².